The molecule has 2 heterocycles. The summed E-state index contributed by atoms with van der Waals surface area (Å²) >= 11 is 1.41. The number of carbonyl (C=O) groups excluding carboxylic acids is 1. The number of carboxylic acids is 1. The van der Waals surface area contributed by atoms with Crippen LogP contribution in [0.25, 0.3) is 0 Å². The molecule has 2 aliphatic rings. The van der Waals surface area contributed by atoms with Crippen LogP contribution in [0.4, 0.5) is 0 Å². The molecule has 3 atom stereocenters. The second-order valence-electron chi connectivity index (χ2n) is 4.33. The number of aliphatic carboxylic acids is 1. The van der Waals surface area contributed by atoms with Crippen LogP contribution in [0.2, 0.25) is 0 Å². The molecular formula is C11H15NO5S. The molecule has 1 amide bonds. The van der Waals surface area contributed by atoms with Gasteiger partial charge in [0.25, 0.3) is 5.91 Å². The van der Waals surface area contributed by atoms with Gasteiger partial charge in [0, 0.05) is 7.11 Å². The minimum absolute atomic E-state index is 0.182. The minimum Gasteiger partial charge on any atom is -0.480 e. The Balaban J connectivity index is 2.27. The van der Waals surface area contributed by atoms with Crippen LogP contribution < -0.4 is 0 Å². The summed E-state index contributed by atoms with van der Waals surface area (Å²) in [4.78, 5) is 24.6. The highest BCUT2D eigenvalue weighted by atomic mass is 32.2. The molecule has 0 aromatic rings. The van der Waals surface area contributed by atoms with Crippen LogP contribution in [0.3, 0.4) is 0 Å². The van der Waals surface area contributed by atoms with E-state index in [4.69, 9.17) is 9.84 Å². The van der Waals surface area contributed by atoms with E-state index >= 15 is 0 Å². The van der Waals surface area contributed by atoms with Crippen molar-refractivity contribution < 1.29 is 24.5 Å². The first-order valence-corrected chi connectivity index (χ1v) is 6.47. The molecular weight excluding hydrogens is 258 g/mol. The first-order valence-electron chi connectivity index (χ1n) is 5.53. The Labute approximate surface area is 109 Å². The number of thioether (sulfide) groups is 1. The second-order valence-corrected chi connectivity index (χ2v) is 5.65. The third kappa shape index (κ3) is 1.82. The van der Waals surface area contributed by atoms with Crippen LogP contribution in [0.5, 0.6) is 0 Å². The first-order chi connectivity index (χ1) is 8.52. The fourth-order valence-corrected chi connectivity index (χ4v) is 4.04. The average molecular weight is 273 g/mol. The third-order valence-electron chi connectivity index (χ3n) is 3.20. The van der Waals surface area contributed by atoms with Crippen molar-refractivity contribution in [2.75, 3.05) is 20.3 Å². The van der Waals surface area contributed by atoms with E-state index in [-0.39, 0.29) is 29.7 Å². The number of nitrogens with zero attached hydrogens (tertiary/aromatic N) is 1. The summed E-state index contributed by atoms with van der Waals surface area (Å²) in [6, 6.07) is -0.845. The highest BCUT2D eigenvalue weighted by molar-refractivity contribution is 8.01. The molecule has 7 heteroatoms. The maximum absolute atomic E-state index is 11.9. The van der Waals surface area contributed by atoms with Crippen molar-refractivity contribution in [2.24, 2.45) is 0 Å². The zero-order valence-electron chi connectivity index (χ0n) is 10.1. The molecule has 100 valence electrons. The number of ether oxygens (including phenoxy) is 1. The van der Waals surface area contributed by atoms with E-state index < -0.39 is 12.0 Å². The molecule has 0 aromatic carbocycles. The molecule has 0 aliphatic carbocycles. The highest BCUT2D eigenvalue weighted by Crippen LogP contribution is 2.48. The maximum Gasteiger partial charge on any atom is 0.327 e. The van der Waals surface area contributed by atoms with Crippen molar-refractivity contribution in [3.05, 3.63) is 11.1 Å². The quantitative estimate of drug-likeness (QED) is 0.539. The van der Waals surface area contributed by atoms with Crippen LogP contribution in [0.1, 0.15) is 6.92 Å². The summed E-state index contributed by atoms with van der Waals surface area (Å²) in [5, 5.41) is 17.7. The zero-order chi connectivity index (χ0) is 13.4. The molecule has 0 radical (unpaired) electrons. The molecule has 2 N–H and O–H groups in total. The number of rotatable bonds is 4. The number of fused-ring (bicyclic) bond motifs is 1. The number of carboxylic acid groups (broad SMARTS) is 1. The van der Waals surface area contributed by atoms with E-state index in [0.29, 0.717) is 11.1 Å². The van der Waals surface area contributed by atoms with Gasteiger partial charge >= 0.3 is 5.97 Å². The molecule has 2 rings (SSSR count). The van der Waals surface area contributed by atoms with Gasteiger partial charge in [0.2, 0.25) is 0 Å². The molecule has 18 heavy (non-hydrogen) atoms. The number of aliphatic hydroxyl groups excluding tert-OH is 1. The highest BCUT2D eigenvalue weighted by Gasteiger charge is 2.58. The largest absolute Gasteiger partial charge is 0.480 e. The lowest BCUT2D eigenvalue weighted by atomic mass is 9.97. The van der Waals surface area contributed by atoms with Crippen molar-refractivity contribution in [1.29, 1.82) is 0 Å². The summed E-state index contributed by atoms with van der Waals surface area (Å²) in [6.07, 6.45) is 0. The van der Waals surface area contributed by atoms with Gasteiger partial charge in [-0.15, -0.1) is 11.8 Å². The van der Waals surface area contributed by atoms with E-state index in [1.165, 1.54) is 23.8 Å². The van der Waals surface area contributed by atoms with Gasteiger partial charge in [-0.3, -0.25) is 4.79 Å². The predicted molar refractivity (Wildman–Crippen MR) is 65.1 cm³/mol. The Hall–Kier alpha value is -1.05. The third-order valence-corrected chi connectivity index (χ3v) is 4.67. The lowest BCUT2D eigenvalue weighted by Crippen LogP contribution is -2.58. The summed E-state index contributed by atoms with van der Waals surface area (Å²) in [5.41, 5.74) is 1.14. The lowest BCUT2D eigenvalue weighted by molar-refractivity contribution is -0.152. The van der Waals surface area contributed by atoms with Gasteiger partial charge in [0.05, 0.1) is 24.0 Å². The van der Waals surface area contributed by atoms with Crippen LogP contribution in [0, 0.1) is 0 Å². The molecule has 2 aliphatic heterocycles. The van der Waals surface area contributed by atoms with Crippen LogP contribution >= 0.6 is 11.8 Å². The van der Waals surface area contributed by atoms with Crippen LogP contribution in [0.15, 0.2) is 11.1 Å². The van der Waals surface area contributed by atoms with E-state index in [1.807, 2.05) is 0 Å². The van der Waals surface area contributed by atoms with E-state index in [1.54, 1.807) is 6.92 Å². The fourth-order valence-electron chi connectivity index (χ4n) is 2.30. The van der Waals surface area contributed by atoms with Crippen molar-refractivity contribution in [1.82, 2.24) is 4.90 Å². The van der Waals surface area contributed by atoms with Crippen molar-refractivity contribution >= 4 is 23.6 Å². The van der Waals surface area contributed by atoms with Gasteiger partial charge in [0.1, 0.15) is 11.4 Å². The summed E-state index contributed by atoms with van der Waals surface area (Å²) in [7, 11) is 1.51. The predicted octanol–water partition coefficient (Wildman–Crippen LogP) is -0.322. The molecule has 0 spiro atoms. The SMILES string of the molecule is COCC1SC2C(=C(C)CO)C(=O)N2C1C(=O)O. The molecule has 0 bridgehead atoms. The topological polar surface area (TPSA) is 87.1 Å². The van der Waals surface area contributed by atoms with E-state index in [0.717, 1.165) is 0 Å². The Bertz CT molecular complexity index is 422. The average Bonchev–Trinajstić information content (AvgIpc) is 2.64. The van der Waals surface area contributed by atoms with Crippen molar-refractivity contribution in [2.45, 2.75) is 23.6 Å². The number of hydrogen-bond donors (Lipinski definition) is 2. The summed E-state index contributed by atoms with van der Waals surface area (Å²) in [5.74, 6) is -1.30. The monoisotopic (exact) mass is 273 g/mol. The van der Waals surface area contributed by atoms with Gasteiger partial charge in [-0.1, -0.05) is 0 Å². The Kier molecular flexibility index (Phi) is 3.65. The number of hydrogen-bond acceptors (Lipinski definition) is 5. The van der Waals surface area contributed by atoms with Crippen molar-refractivity contribution in [3.63, 3.8) is 0 Å². The summed E-state index contributed by atoms with van der Waals surface area (Å²) in [6.45, 7) is 1.79. The van der Waals surface area contributed by atoms with E-state index in [2.05, 4.69) is 0 Å². The number of amides is 1. The number of β-lactam (4-membered cyclic amide) rings is 1. The normalized spacial score (nSPS) is 33.2. The summed E-state index contributed by atoms with van der Waals surface area (Å²) < 4.78 is 5.00. The minimum atomic E-state index is -1.01. The number of methoxy groups -OCH3 is 1. The van der Waals surface area contributed by atoms with E-state index in [9.17, 15) is 14.7 Å². The van der Waals surface area contributed by atoms with Crippen molar-refractivity contribution in [3.8, 4) is 0 Å². The molecule has 2 saturated heterocycles. The lowest BCUT2D eigenvalue weighted by Gasteiger charge is -2.39. The molecule has 6 nitrogen and oxygen atoms in total. The maximum atomic E-state index is 11.9. The van der Waals surface area contributed by atoms with Gasteiger partial charge in [-0.25, -0.2) is 4.79 Å². The van der Waals surface area contributed by atoms with Gasteiger partial charge < -0.3 is 19.8 Å². The number of carbonyl (C=O) groups is 2. The molecule has 0 aromatic heterocycles. The van der Waals surface area contributed by atoms with Crippen LogP contribution in [-0.4, -0.2) is 64.0 Å². The molecule has 2 fully saturated rings. The fraction of sp³-hybridized carbons (Fsp3) is 0.636. The molecule has 3 unspecified atom stereocenters. The van der Waals surface area contributed by atoms with Gasteiger partial charge in [-0.05, 0) is 12.5 Å². The standard InChI is InChI=1S/C11H15NO5S/c1-5(3-13)7-9(14)12-8(11(15)16)6(4-17-2)18-10(7)12/h6,8,10,13H,3-4H2,1-2H3,(H,15,16). The van der Waals surface area contributed by atoms with Gasteiger partial charge in [0.15, 0.2) is 0 Å². The van der Waals surface area contributed by atoms with Gasteiger partial charge in [-0.2, -0.15) is 0 Å². The van der Waals surface area contributed by atoms with Crippen LogP contribution in [-0.2, 0) is 14.3 Å². The Morgan fingerprint density at radius 2 is 2.22 bits per heavy atom. The first kappa shape index (κ1) is 13.4. The Morgan fingerprint density at radius 1 is 1.56 bits per heavy atom. The molecule has 0 saturated carbocycles. The zero-order valence-corrected chi connectivity index (χ0v) is 10.9. The second kappa shape index (κ2) is 4.91. The Morgan fingerprint density at radius 3 is 2.72 bits per heavy atom. The smallest absolute Gasteiger partial charge is 0.327 e. The number of aliphatic hydroxyl groups is 1.